The molecule has 0 saturated carbocycles. The Bertz CT molecular complexity index is 348. The van der Waals surface area contributed by atoms with Crippen molar-refractivity contribution in [3.63, 3.8) is 0 Å². The van der Waals surface area contributed by atoms with Gasteiger partial charge in [0.25, 0.3) is 0 Å². The van der Waals surface area contributed by atoms with Crippen molar-refractivity contribution in [3.8, 4) is 0 Å². The Labute approximate surface area is 97.2 Å². The van der Waals surface area contributed by atoms with Crippen LogP contribution in [0.25, 0.3) is 0 Å². The fourth-order valence-corrected chi connectivity index (χ4v) is 1.55. The highest BCUT2D eigenvalue weighted by Crippen LogP contribution is 2.14. The molecule has 0 aliphatic rings. The van der Waals surface area contributed by atoms with Gasteiger partial charge in [-0.3, -0.25) is 4.79 Å². The quantitative estimate of drug-likeness (QED) is 0.798. The molecule has 0 bridgehead atoms. The molecule has 1 aromatic carbocycles. The van der Waals surface area contributed by atoms with Gasteiger partial charge < -0.3 is 10.6 Å². The van der Waals surface area contributed by atoms with Crippen molar-refractivity contribution >= 4 is 11.6 Å². The Morgan fingerprint density at radius 3 is 2.62 bits per heavy atom. The van der Waals surface area contributed by atoms with Crippen LogP contribution in [0.2, 0.25) is 0 Å². The average molecular weight is 220 g/mol. The van der Waals surface area contributed by atoms with Crippen molar-refractivity contribution in [1.82, 2.24) is 5.32 Å². The van der Waals surface area contributed by atoms with Gasteiger partial charge in [0.15, 0.2) is 0 Å². The second-order valence-corrected chi connectivity index (χ2v) is 4.09. The minimum Gasteiger partial charge on any atom is -0.376 e. The van der Waals surface area contributed by atoms with Crippen molar-refractivity contribution in [2.75, 3.05) is 11.9 Å². The summed E-state index contributed by atoms with van der Waals surface area (Å²) in [6, 6.07) is 8.25. The lowest BCUT2D eigenvalue weighted by molar-refractivity contribution is -0.119. The largest absolute Gasteiger partial charge is 0.376 e. The van der Waals surface area contributed by atoms with Crippen LogP contribution in [0.4, 0.5) is 5.69 Å². The first-order valence-corrected chi connectivity index (χ1v) is 5.74. The highest BCUT2D eigenvalue weighted by molar-refractivity contribution is 5.81. The van der Waals surface area contributed by atoms with E-state index in [4.69, 9.17) is 0 Å². The van der Waals surface area contributed by atoms with Gasteiger partial charge in [-0.15, -0.1) is 0 Å². The number of anilines is 1. The van der Waals surface area contributed by atoms with Crippen molar-refractivity contribution in [1.29, 1.82) is 0 Å². The van der Waals surface area contributed by atoms with Crippen LogP contribution in [0, 0.1) is 0 Å². The number of aryl methyl sites for hydroxylation is 1. The molecule has 1 amide bonds. The van der Waals surface area contributed by atoms with Gasteiger partial charge in [0.2, 0.25) is 5.91 Å². The molecule has 0 atom stereocenters. The van der Waals surface area contributed by atoms with E-state index in [1.807, 2.05) is 32.0 Å². The predicted octanol–water partition coefficient (Wildman–Crippen LogP) is 2.19. The van der Waals surface area contributed by atoms with E-state index in [9.17, 15) is 4.79 Å². The van der Waals surface area contributed by atoms with Gasteiger partial charge in [-0.05, 0) is 31.9 Å². The summed E-state index contributed by atoms with van der Waals surface area (Å²) in [5, 5.41) is 6.01. The van der Waals surface area contributed by atoms with E-state index in [1.54, 1.807) is 0 Å². The first kappa shape index (κ1) is 12.6. The predicted molar refractivity (Wildman–Crippen MR) is 67.6 cm³/mol. The van der Waals surface area contributed by atoms with Crippen LogP contribution < -0.4 is 10.6 Å². The second-order valence-electron chi connectivity index (χ2n) is 4.09. The molecule has 1 rings (SSSR count). The molecule has 0 heterocycles. The van der Waals surface area contributed by atoms with Crippen molar-refractivity contribution in [2.24, 2.45) is 0 Å². The lowest BCUT2D eigenvalue weighted by atomic mass is 10.1. The van der Waals surface area contributed by atoms with E-state index in [-0.39, 0.29) is 11.9 Å². The van der Waals surface area contributed by atoms with Crippen LogP contribution in [-0.4, -0.2) is 18.5 Å². The van der Waals surface area contributed by atoms with Crippen molar-refractivity contribution in [2.45, 2.75) is 33.2 Å². The van der Waals surface area contributed by atoms with Gasteiger partial charge in [-0.25, -0.2) is 0 Å². The molecule has 0 aliphatic heterocycles. The van der Waals surface area contributed by atoms with E-state index >= 15 is 0 Å². The normalized spacial score (nSPS) is 10.2. The van der Waals surface area contributed by atoms with Crippen LogP contribution >= 0.6 is 0 Å². The Morgan fingerprint density at radius 2 is 2.00 bits per heavy atom. The lowest BCUT2D eigenvalue weighted by Crippen LogP contribution is -2.34. The van der Waals surface area contributed by atoms with E-state index < -0.39 is 0 Å². The number of benzene rings is 1. The first-order chi connectivity index (χ1) is 7.63. The molecule has 0 aliphatic carbocycles. The fraction of sp³-hybridized carbons (Fsp3) is 0.462. The maximum absolute atomic E-state index is 11.5. The molecular weight excluding hydrogens is 200 g/mol. The third-order valence-corrected chi connectivity index (χ3v) is 2.29. The zero-order valence-corrected chi connectivity index (χ0v) is 10.2. The van der Waals surface area contributed by atoms with Crippen LogP contribution in [0.3, 0.4) is 0 Å². The zero-order chi connectivity index (χ0) is 12.0. The Hall–Kier alpha value is -1.51. The second kappa shape index (κ2) is 6.16. The van der Waals surface area contributed by atoms with Gasteiger partial charge in [0.05, 0.1) is 6.54 Å². The van der Waals surface area contributed by atoms with Crippen LogP contribution in [0.15, 0.2) is 24.3 Å². The number of hydrogen-bond acceptors (Lipinski definition) is 2. The summed E-state index contributed by atoms with van der Waals surface area (Å²) >= 11 is 0. The summed E-state index contributed by atoms with van der Waals surface area (Å²) < 4.78 is 0. The molecule has 0 unspecified atom stereocenters. The summed E-state index contributed by atoms with van der Waals surface area (Å²) in [4.78, 5) is 11.5. The standard InChI is InChI=1S/C13H20N2O/c1-4-11-7-5-6-8-12(11)14-9-13(16)15-10(2)3/h5-8,10,14H,4,9H2,1-3H3,(H,15,16). The minimum absolute atomic E-state index is 0.0286. The summed E-state index contributed by atoms with van der Waals surface area (Å²) in [5.41, 5.74) is 2.28. The molecule has 0 aromatic heterocycles. The molecule has 0 fully saturated rings. The summed E-state index contributed by atoms with van der Waals surface area (Å²) in [5.74, 6) is 0.0286. The molecule has 2 N–H and O–H groups in total. The van der Waals surface area contributed by atoms with Gasteiger partial charge in [-0.2, -0.15) is 0 Å². The molecule has 0 spiro atoms. The third kappa shape index (κ3) is 3.93. The Kier molecular flexibility index (Phi) is 4.83. The van der Waals surface area contributed by atoms with Crippen LogP contribution in [0.1, 0.15) is 26.3 Å². The summed E-state index contributed by atoms with van der Waals surface area (Å²) in [6.45, 7) is 6.35. The van der Waals surface area contributed by atoms with Crippen LogP contribution in [0.5, 0.6) is 0 Å². The minimum atomic E-state index is 0.0286. The molecule has 3 heteroatoms. The molecule has 3 nitrogen and oxygen atoms in total. The molecular formula is C13H20N2O. The SMILES string of the molecule is CCc1ccccc1NCC(=O)NC(C)C. The lowest BCUT2D eigenvalue weighted by Gasteiger charge is -2.12. The number of carbonyl (C=O) groups excluding carboxylic acids is 1. The maximum Gasteiger partial charge on any atom is 0.239 e. The zero-order valence-electron chi connectivity index (χ0n) is 10.2. The van der Waals surface area contributed by atoms with E-state index in [0.29, 0.717) is 6.54 Å². The van der Waals surface area contributed by atoms with Crippen molar-refractivity contribution < 1.29 is 4.79 Å². The Morgan fingerprint density at radius 1 is 1.31 bits per heavy atom. The highest BCUT2D eigenvalue weighted by Gasteiger charge is 2.04. The molecule has 1 aromatic rings. The van der Waals surface area contributed by atoms with Gasteiger partial charge in [0.1, 0.15) is 0 Å². The average Bonchev–Trinajstić information content (AvgIpc) is 2.26. The van der Waals surface area contributed by atoms with E-state index in [2.05, 4.69) is 23.6 Å². The Balaban J connectivity index is 2.51. The van der Waals surface area contributed by atoms with E-state index in [1.165, 1.54) is 5.56 Å². The van der Waals surface area contributed by atoms with Gasteiger partial charge in [0, 0.05) is 11.7 Å². The molecule has 16 heavy (non-hydrogen) atoms. The maximum atomic E-state index is 11.5. The summed E-state index contributed by atoms with van der Waals surface area (Å²) in [7, 11) is 0. The van der Waals surface area contributed by atoms with Gasteiger partial charge in [-0.1, -0.05) is 25.1 Å². The number of nitrogens with one attached hydrogen (secondary N) is 2. The van der Waals surface area contributed by atoms with E-state index in [0.717, 1.165) is 12.1 Å². The molecule has 88 valence electrons. The number of amides is 1. The number of rotatable bonds is 5. The smallest absolute Gasteiger partial charge is 0.239 e. The highest BCUT2D eigenvalue weighted by atomic mass is 16.1. The van der Waals surface area contributed by atoms with Gasteiger partial charge >= 0.3 is 0 Å². The number of para-hydroxylation sites is 1. The molecule has 0 radical (unpaired) electrons. The van der Waals surface area contributed by atoms with Crippen molar-refractivity contribution in [3.05, 3.63) is 29.8 Å². The number of carbonyl (C=O) groups is 1. The van der Waals surface area contributed by atoms with Crippen LogP contribution in [-0.2, 0) is 11.2 Å². The monoisotopic (exact) mass is 220 g/mol. The summed E-state index contributed by atoms with van der Waals surface area (Å²) in [6.07, 6.45) is 0.967. The third-order valence-electron chi connectivity index (χ3n) is 2.29. The first-order valence-electron chi connectivity index (χ1n) is 5.74. The topological polar surface area (TPSA) is 41.1 Å². The number of hydrogen-bond donors (Lipinski definition) is 2. The fourth-order valence-electron chi connectivity index (χ4n) is 1.55. The molecule has 0 saturated heterocycles.